The average molecular weight is 297 g/mol. The number of hydrogen-bond donors (Lipinski definition) is 3. The fourth-order valence-electron chi connectivity index (χ4n) is 1.31. The van der Waals surface area contributed by atoms with Gasteiger partial charge in [0.1, 0.15) is 5.02 Å². The van der Waals surface area contributed by atoms with Crippen LogP contribution in [0.1, 0.15) is 0 Å². The van der Waals surface area contributed by atoms with Crippen molar-refractivity contribution in [3.8, 4) is 0 Å². The summed E-state index contributed by atoms with van der Waals surface area (Å²) in [5, 5.41) is 17.4. The van der Waals surface area contributed by atoms with Crippen LogP contribution in [0.4, 0.5) is 0 Å². The Balaban J connectivity index is 3.17. The molecule has 0 saturated carbocycles. The van der Waals surface area contributed by atoms with Gasteiger partial charge in [-0.15, -0.1) is 0 Å². The molecule has 0 amide bonds. The van der Waals surface area contributed by atoms with Gasteiger partial charge in [-0.25, -0.2) is 8.42 Å². The number of hydrogen-bond acceptors (Lipinski definition) is 5. The topological polar surface area (TPSA) is 111 Å². The molecule has 0 aliphatic heterocycles. The molecule has 1 heterocycles. The molecule has 0 aliphatic rings. The van der Waals surface area contributed by atoms with Crippen molar-refractivity contribution in [3.63, 3.8) is 0 Å². The minimum Gasteiger partial charge on any atom is -0.395 e. The molecule has 0 radical (unpaired) electrons. The van der Waals surface area contributed by atoms with E-state index in [1.54, 1.807) is 0 Å². The number of H-pyrrole nitrogens is 1. The Morgan fingerprint density at radius 1 is 1.28 bits per heavy atom. The minimum atomic E-state index is -3.91. The highest BCUT2D eigenvalue weighted by Crippen LogP contribution is 2.15. The van der Waals surface area contributed by atoms with Crippen LogP contribution in [-0.2, 0) is 10.0 Å². The Morgan fingerprint density at radius 2 is 1.83 bits per heavy atom. The van der Waals surface area contributed by atoms with E-state index in [-0.39, 0.29) is 36.2 Å². The number of aliphatic hydroxyl groups is 2. The smallest absolute Gasteiger partial charge is 0.266 e. The molecule has 0 aliphatic carbocycles. The number of aliphatic hydroxyl groups excluding tert-OH is 2. The predicted octanol–water partition coefficient (Wildman–Crippen LogP) is -0.996. The van der Waals surface area contributed by atoms with E-state index in [1.807, 2.05) is 0 Å². The van der Waals surface area contributed by atoms with Crippen molar-refractivity contribution in [2.75, 3.05) is 26.3 Å². The maximum atomic E-state index is 12.1. The first-order valence-corrected chi connectivity index (χ1v) is 6.85. The number of nitrogens with zero attached hydrogens (tertiary/aromatic N) is 1. The summed E-state index contributed by atoms with van der Waals surface area (Å²) < 4.78 is 25.1. The molecule has 18 heavy (non-hydrogen) atoms. The first kappa shape index (κ1) is 15.1. The maximum absolute atomic E-state index is 12.1. The van der Waals surface area contributed by atoms with Gasteiger partial charge in [-0.05, 0) is 6.07 Å². The second-order valence-corrected chi connectivity index (χ2v) is 5.71. The molecule has 0 unspecified atom stereocenters. The highest BCUT2D eigenvalue weighted by atomic mass is 35.5. The van der Waals surface area contributed by atoms with Gasteiger partial charge in [0.05, 0.1) is 18.1 Å². The number of pyridine rings is 1. The van der Waals surface area contributed by atoms with E-state index >= 15 is 0 Å². The monoisotopic (exact) mass is 296 g/mol. The van der Waals surface area contributed by atoms with E-state index in [0.29, 0.717) is 0 Å². The van der Waals surface area contributed by atoms with E-state index in [1.165, 1.54) is 0 Å². The van der Waals surface area contributed by atoms with Crippen LogP contribution in [0.15, 0.2) is 22.0 Å². The van der Waals surface area contributed by atoms with Gasteiger partial charge in [0.15, 0.2) is 0 Å². The van der Waals surface area contributed by atoms with Crippen molar-refractivity contribution >= 4 is 21.6 Å². The summed E-state index contributed by atoms with van der Waals surface area (Å²) in [5.41, 5.74) is -0.591. The lowest BCUT2D eigenvalue weighted by Crippen LogP contribution is -2.36. The van der Waals surface area contributed by atoms with Gasteiger partial charge in [0, 0.05) is 19.3 Å². The highest BCUT2D eigenvalue weighted by Gasteiger charge is 2.24. The molecule has 0 saturated heterocycles. The third-order valence-electron chi connectivity index (χ3n) is 2.17. The quantitative estimate of drug-likeness (QED) is 0.624. The number of rotatable bonds is 6. The fraction of sp³-hybridized carbons (Fsp3) is 0.444. The van der Waals surface area contributed by atoms with E-state index in [2.05, 4.69) is 4.98 Å². The number of aromatic amines is 1. The van der Waals surface area contributed by atoms with E-state index in [9.17, 15) is 13.2 Å². The molecule has 0 atom stereocenters. The van der Waals surface area contributed by atoms with Gasteiger partial charge >= 0.3 is 0 Å². The summed E-state index contributed by atoms with van der Waals surface area (Å²) in [5.74, 6) is 0. The Bertz CT molecular complexity index is 550. The normalized spacial score (nSPS) is 12.0. The number of sulfonamides is 1. The van der Waals surface area contributed by atoms with Gasteiger partial charge in [-0.1, -0.05) is 11.6 Å². The van der Waals surface area contributed by atoms with Crippen LogP contribution in [-0.4, -0.2) is 54.2 Å². The van der Waals surface area contributed by atoms with E-state index < -0.39 is 15.6 Å². The molecule has 1 aromatic heterocycles. The van der Waals surface area contributed by atoms with Crippen molar-refractivity contribution in [2.24, 2.45) is 0 Å². The van der Waals surface area contributed by atoms with Crippen LogP contribution in [0.25, 0.3) is 0 Å². The summed E-state index contributed by atoms with van der Waals surface area (Å²) >= 11 is 5.55. The second kappa shape index (κ2) is 6.30. The molecular weight excluding hydrogens is 284 g/mol. The maximum Gasteiger partial charge on any atom is 0.266 e. The van der Waals surface area contributed by atoms with Gasteiger partial charge in [0.25, 0.3) is 5.56 Å². The number of nitrogens with one attached hydrogen (secondary N) is 1. The van der Waals surface area contributed by atoms with Crippen LogP contribution < -0.4 is 5.56 Å². The first-order valence-electron chi connectivity index (χ1n) is 5.03. The summed E-state index contributed by atoms with van der Waals surface area (Å²) in [6.07, 6.45) is 1.02. The van der Waals surface area contributed by atoms with E-state index in [0.717, 1.165) is 16.6 Å². The van der Waals surface area contributed by atoms with Crippen LogP contribution in [0.3, 0.4) is 0 Å². The van der Waals surface area contributed by atoms with Crippen LogP contribution >= 0.6 is 11.6 Å². The molecule has 0 aromatic carbocycles. The third kappa shape index (κ3) is 3.30. The number of aromatic nitrogens is 1. The zero-order valence-corrected chi connectivity index (χ0v) is 10.9. The Hall–Kier alpha value is -0.930. The molecule has 0 bridgehead atoms. The molecular formula is C9H13ClN2O5S. The highest BCUT2D eigenvalue weighted by molar-refractivity contribution is 7.89. The van der Waals surface area contributed by atoms with Gasteiger partial charge < -0.3 is 15.2 Å². The van der Waals surface area contributed by atoms with E-state index in [4.69, 9.17) is 21.8 Å². The molecule has 0 fully saturated rings. The summed E-state index contributed by atoms with van der Waals surface area (Å²) in [6, 6.07) is 1.03. The fourth-order valence-corrected chi connectivity index (χ4v) is 2.96. The van der Waals surface area contributed by atoms with Crippen molar-refractivity contribution in [2.45, 2.75) is 4.90 Å². The largest absolute Gasteiger partial charge is 0.395 e. The average Bonchev–Trinajstić information content (AvgIpc) is 2.32. The molecule has 7 nitrogen and oxygen atoms in total. The van der Waals surface area contributed by atoms with Gasteiger partial charge in [0.2, 0.25) is 10.0 Å². The molecule has 1 aromatic rings. The van der Waals surface area contributed by atoms with Crippen molar-refractivity contribution in [1.82, 2.24) is 9.29 Å². The lowest BCUT2D eigenvalue weighted by Gasteiger charge is -2.20. The lowest BCUT2D eigenvalue weighted by molar-refractivity contribution is 0.217. The molecule has 102 valence electrons. The Labute approximate surface area is 109 Å². The zero-order chi connectivity index (χ0) is 13.8. The zero-order valence-electron chi connectivity index (χ0n) is 9.34. The van der Waals surface area contributed by atoms with Gasteiger partial charge in [-0.2, -0.15) is 4.31 Å². The Kier molecular flexibility index (Phi) is 5.29. The third-order valence-corrected chi connectivity index (χ3v) is 4.33. The predicted molar refractivity (Wildman–Crippen MR) is 65.0 cm³/mol. The summed E-state index contributed by atoms with van der Waals surface area (Å²) in [7, 11) is -3.91. The summed E-state index contributed by atoms with van der Waals surface area (Å²) in [4.78, 5) is 13.0. The molecule has 3 N–H and O–H groups in total. The van der Waals surface area contributed by atoms with Crippen molar-refractivity contribution < 1.29 is 18.6 Å². The van der Waals surface area contributed by atoms with Crippen molar-refractivity contribution in [1.29, 1.82) is 0 Å². The lowest BCUT2D eigenvalue weighted by atomic mass is 10.5. The Morgan fingerprint density at radius 3 is 2.28 bits per heavy atom. The second-order valence-electron chi connectivity index (χ2n) is 3.36. The first-order chi connectivity index (χ1) is 8.43. The van der Waals surface area contributed by atoms with Crippen molar-refractivity contribution in [3.05, 3.63) is 27.6 Å². The van der Waals surface area contributed by atoms with Gasteiger partial charge in [-0.3, -0.25) is 4.79 Å². The molecule has 1 rings (SSSR count). The molecule has 0 spiro atoms. The SMILES string of the molecule is O=c1[nH]cc(S(=O)(=O)N(CCO)CCO)cc1Cl. The van der Waals surface area contributed by atoms with Crippen LogP contribution in [0, 0.1) is 0 Å². The molecule has 9 heteroatoms. The minimum absolute atomic E-state index is 0.153. The van der Waals surface area contributed by atoms with Crippen LogP contribution in [0.5, 0.6) is 0 Å². The number of halogens is 1. The standard InChI is InChI=1S/C9H13ClN2O5S/c10-8-5-7(6-11-9(8)15)18(16,17)12(1-3-13)2-4-14/h5-6,13-14H,1-4H2,(H,11,15). The van der Waals surface area contributed by atoms with Crippen LogP contribution in [0.2, 0.25) is 5.02 Å². The summed E-state index contributed by atoms with van der Waals surface area (Å²) in [6.45, 7) is -1.06.